The zero-order chi connectivity index (χ0) is 39.1. The molecule has 4 N–H and O–H groups in total. The Balaban J connectivity index is 1.26. The molecule has 4 aromatic rings. The molecule has 0 bridgehead atoms. The second kappa shape index (κ2) is 15.2. The van der Waals surface area contributed by atoms with Crippen LogP contribution in [0.4, 0.5) is 17.1 Å². The van der Waals surface area contributed by atoms with Gasteiger partial charge in [0.1, 0.15) is 11.5 Å². The van der Waals surface area contributed by atoms with Crippen molar-refractivity contribution in [3.63, 3.8) is 0 Å². The van der Waals surface area contributed by atoms with E-state index in [2.05, 4.69) is 37.5 Å². The molecule has 12 heteroatoms. The highest BCUT2D eigenvalue weighted by Gasteiger charge is 2.66. The molecule has 7 rings (SSSR count). The number of anilines is 3. The molecule has 3 heterocycles. The standard InChI is InChI=1S/C43H50N4O7Si/c1-27-40(55(4,5)35-18-15-33(52-2)16-19-35)38(24-39(49)46-21-7-10-32(46)26-48)54-43(27)36-23-34(53-3)17-20-37(36)47(42(43)51)25-28-8-6-9-31(22-28)45-41(50)29-11-13-30(44)14-12-29/h6,8-9,11-20,22-23,27,32,38,40,48H,7,10,21,24-26,44H2,1-5H3,(H,45,50)/t27-,32+,38+,40-,43+/m1/s1. The van der Waals surface area contributed by atoms with Gasteiger partial charge in [-0.25, -0.2) is 0 Å². The summed E-state index contributed by atoms with van der Waals surface area (Å²) in [5.74, 6) is 0.494. The van der Waals surface area contributed by atoms with Crippen LogP contribution in [0.15, 0.2) is 91.0 Å². The smallest absolute Gasteiger partial charge is 0.264 e. The third-order valence-electron chi connectivity index (χ3n) is 12.0. The highest BCUT2D eigenvalue weighted by atomic mass is 28.3. The Kier molecular flexibility index (Phi) is 10.5. The fraction of sp³-hybridized carbons (Fsp3) is 0.372. The lowest BCUT2D eigenvalue weighted by Gasteiger charge is -2.37. The Bertz CT molecular complexity index is 2070. The summed E-state index contributed by atoms with van der Waals surface area (Å²) in [5, 5.41) is 14.2. The molecule has 2 fully saturated rings. The van der Waals surface area contributed by atoms with Crippen molar-refractivity contribution in [3.05, 3.63) is 108 Å². The van der Waals surface area contributed by atoms with Crippen LogP contribution in [0.3, 0.4) is 0 Å². The maximum Gasteiger partial charge on any atom is 0.264 e. The number of fused-ring (bicyclic) bond motifs is 2. The molecule has 0 unspecified atom stereocenters. The van der Waals surface area contributed by atoms with Gasteiger partial charge in [-0.15, -0.1) is 0 Å². The number of benzene rings is 4. The summed E-state index contributed by atoms with van der Waals surface area (Å²) < 4.78 is 18.4. The van der Waals surface area contributed by atoms with E-state index in [9.17, 15) is 14.7 Å². The summed E-state index contributed by atoms with van der Waals surface area (Å²) in [6.07, 6.45) is 1.13. The minimum absolute atomic E-state index is 0.0682. The van der Waals surface area contributed by atoms with Gasteiger partial charge in [0.15, 0.2) is 5.60 Å². The number of carbonyl (C=O) groups excluding carboxylic acids is 3. The van der Waals surface area contributed by atoms with E-state index in [0.29, 0.717) is 40.5 Å². The molecular weight excluding hydrogens is 713 g/mol. The molecule has 11 nitrogen and oxygen atoms in total. The first-order valence-corrected chi connectivity index (χ1v) is 22.0. The van der Waals surface area contributed by atoms with Crippen LogP contribution in [0.2, 0.25) is 18.6 Å². The quantitative estimate of drug-likeness (QED) is 0.131. The van der Waals surface area contributed by atoms with Crippen molar-refractivity contribution >= 4 is 48.0 Å². The molecule has 5 atom stereocenters. The molecule has 3 aliphatic rings. The summed E-state index contributed by atoms with van der Waals surface area (Å²) in [6, 6.07) is 27.7. The van der Waals surface area contributed by atoms with Crippen molar-refractivity contribution in [2.45, 2.75) is 69.1 Å². The molecule has 0 aromatic heterocycles. The number of carbonyl (C=O) groups is 3. The van der Waals surface area contributed by atoms with Crippen LogP contribution in [0, 0.1) is 5.92 Å². The Hall–Kier alpha value is -5.17. The average Bonchev–Trinajstić information content (AvgIpc) is 3.85. The Labute approximate surface area is 323 Å². The molecule has 0 radical (unpaired) electrons. The summed E-state index contributed by atoms with van der Waals surface area (Å²) >= 11 is 0. The van der Waals surface area contributed by atoms with Gasteiger partial charge in [0.2, 0.25) is 5.91 Å². The topological polar surface area (TPSA) is 144 Å². The second-order valence-corrected chi connectivity index (χ2v) is 20.2. The number of nitrogens with one attached hydrogen (secondary N) is 1. The van der Waals surface area contributed by atoms with E-state index < -0.39 is 19.8 Å². The number of nitrogen functional groups attached to an aromatic ring is 1. The van der Waals surface area contributed by atoms with Gasteiger partial charge in [-0.1, -0.05) is 49.5 Å². The fourth-order valence-corrected chi connectivity index (χ4v) is 13.2. The van der Waals surface area contributed by atoms with Gasteiger partial charge >= 0.3 is 0 Å². The van der Waals surface area contributed by atoms with E-state index in [1.54, 1.807) is 48.3 Å². The number of hydrogen-bond acceptors (Lipinski definition) is 8. The number of amides is 3. The lowest BCUT2D eigenvalue weighted by atomic mass is 9.82. The van der Waals surface area contributed by atoms with Gasteiger partial charge in [0.25, 0.3) is 11.8 Å². The van der Waals surface area contributed by atoms with Gasteiger partial charge in [-0.2, -0.15) is 0 Å². The van der Waals surface area contributed by atoms with Gasteiger partial charge < -0.3 is 40.2 Å². The minimum Gasteiger partial charge on any atom is -0.497 e. The van der Waals surface area contributed by atoms with Crippen LogP contribution in [0.25, 0.3) is 0 Å². The van der Waals surface area contributed by atoms with Crippen LogP contribution < -0.4 is 30.6 Å². The predicted octanol–water partition coefficient (Wildman–Crippen LogP) is 5.67. The van der Waals surface area contributed by atoms with Crippen LogP contribution in [0.5, 0.6) is 11.5 Å². The van der Waals surface area contributed by atoms with E-state index >= 15 is 4.79 Å². The number of methoxy groups -OCH3 is 2. The predicted molar refractivity (Wildman–Crippen MR) is 215 cm³/mol. The minimum atomic E-state index is -2.51. The zero-order valence-electron chi connectivity index (χ0n) is 32.1. The molecule has 2 saturated heterocycles. The first-order chi connectivity index (χ1) is 26.4. The molecule has 0 aliphatic carbocycles. The number of aliphatic hydroxyl groups excluding tert-OH is 1. The summed E-state index contributed by atoms with van der Waals surface area (Å²) in [7, 11) is 0.738. The second-order valence-electron chi connectivity index (χ2n) is 15.5. The third kappa shape index (κ3) is 6.87. The number of likely N-dealkylation sites (tertiary alicyclic amines) is 1. The number of rotatable bonds is 11. The monoisotopic (exact) mass is 762 g/mol. The molecule has 288 valence electrons. The number of aliphatic hydroxyl groups is 1. The molecule has 3 amide bonds. The van der Waals surface area contributed by atoms with Crippen molar-refractivity contribution in [2.24, 2.45) is 5.92 Å². The summed E-state index contributed by atoms with van der Waals surface area (Å²) in [6.45, 7) is 7.40. The van der Waals surface area contributed by atoms with Gasteiger partial charge in [0, 0.05) is 35.0 Å². The largest absolute Gasteiger partial charge is 0.497 e. The average molecular weight is 763 g/mol. The van der Waals surface area contributed by atoms with Gasteiger partial charge in [-0.05, 0) is 90.7 Å². The van der Waals surface area contributed by atoms with Gasteiger partial charge in [-0.3, -0.25) is 14.4 Å². The number of hydrogen-bond donors (Lipinski definition) is 3. The van der Waals surface area contributed by atoms with E-state index in [0.717, 1.165) is 24.2 Å². The molecule has 3 aliphatic heterocycles. The molecule has 0 saturated carbocycles. The van der Waals surface area contributed by atoms with E-state index in [-0.39, 0.29) is 54.8 Å². The van der Waals surface area contributed by atoms with Crippen molar-refractivity contribution in [1.82, 2.24) is 4.90 Å². The first kappa shape index (κ1) is 38.1. The lowest BCUT2D eigenvalue weighted by Crippen LogP contribution is -2.52. The number of nitrogens with zero attached hydrogens (tertiary/aromatic N) is 2. The van der Waals surface area contributed by atoms with E-state index in [1.807, 2.05) is 54.6 Å². The van der Waals surface area contributed by atoms with Crippen molar-refractivity contribution in [2.75, 3.05) is 43.3 Å². The highest BCUT2D eigenvalue weighted by molar-refractivity contribution is 6.91. The van der Waals surface area contributed by atoms with Crippen molar-refractivity contribution in [1.29, 1.82) is 0 Å². The lowest BCUT2D eigenvalue weighted by molar-refractivity contribution is -0.150. The first-order valence-electron chi connectivity index (χ1n) is 18.9. The fourth-order valence-electron chi connectivity index (χ4n) is 9.19. The normalized spacial score (nSPS) is 23.3. The van der Waals surface area contributed by atoms with Gasteiger partial charge in [0.05, 0.1) is 59.7 Å². The van der Waals surface area contributed by atoms with Crippen molar-refractivity contribution < 1.29 is 33.7 Å². The van der Waals surface area contributed by atoms with E-state index in [4.69, 9.17) is 19.9 Å². The third-order valence-corrected chi connectivity index (χ3v) is 16.4. The Morgan fingerprint density at radius 1 is 0.982 bits per heavy atom. The SMILES string of the molecule is COc1ccc([Si](C)(C)[C@H]2[C@H](CC(=O)N3CCC[C@H]3CO)O[C@@]3(C(=O)N(Cc4cccc(NC(=O)c5ccc(N)cc5)c4)c4ccc(OC)cc43)[C@@H]2C)cc1. The highest BCUT2D eigenvalue weighted by Crippen LogP contribution is 2.60. The maximum atomic E-state index is 15.3. The number of nitrogens with two attached hydrogens (primary N) is 1. The molecular formula is C43H50N4O7Si. The zero-order valence-corrected chi connectivity index (χ0v) is 33.1. The van der Waals surface area contributed by atoms with Crippen LogP contribution in [-0.2, 0) is 26.5 Å². The van der Waals surface area contributed by atoms with Crippen LogP contribution in [0.1, 0.15) is 47.7 Å². The summed E-state index contributed by atoms with van der Waals surface area (Å²) in [4.78, 5) is 46.0. The number of ether oxygens (including phenoxy) is 3. The van der Waals surface area contributed by atoms with Crippen molar-refractivity contribution in [3.8, 4) is 11.5 Å². The Morgan fingerprint density at radius 2 is 1.69 bits per heavy atom. The van der Waals surface area contributed by atoms with E-state index in [1.165, 1.54) is 5.19 Å². The Morgan fingerprint density at radius 3 is 2.38 bits per heavy atom. The maximum absolute atomic E-state index is 15.3. The molecule has 55 heavy (non-hydrogen) atoms. The van der Waals surface area contributed by atoms with Crippen LogP contribution in [-0.4, -0.2) is 75.3 Å². The molecule has 4 aromatic carbocycles. The van der Waals surface area contributed by atoms with Crippen LogP contribution >= 0.6 is 0 Å². The summed E-state index contributed by atoms with van der Waals surface area (Å²) in [5.41, 5.74) is 8.16. The molecule has 1 spiro atoms.